The van der Waals surface area contributed by atoms with Crippen molar-refractivity contribution in [2.45, 2.75) is 38.4 Å². The first-order chi connectivity index (χ1) is 15.4. The molecule has 0 atom stereocenters. The number of halogens is 2. The zero-order chi connectivity index (χ0) is 23.1. The second kappa shape index (κ2) is 11.1. The first kappa shape index (κ1) is 23.7. The van der Waals surface area contributed by atoms with Crippen LogP contribution in [-0.4, -0.2) is 32.3 Å². The molecule has 10 heteroatoms. The van der Waals surface area contributed by atoms with Gasteiger partial charge in [-0.2, -0.15) is 0 Å². The van der Waals surface area contributed by atoms with E-state index < -0.39 is 5.82 Å². The minimum absolute atomic E-state index is 0.0642. The van der Waals surface area contributed by atoms with Gasteiger partial charge in [0.2, 0.25) is 11.8 Å². The number of aromatic nitrogens is 3. The number of para-hydroxylation sites is 1. The Morgan fingerprint density at radius 1 is 1.09 bits per heavy atom. The summed E-state index contributed by atoms with van der Waals surface area (Å²) in [6.45, 7) is 4.50. The molecule has 2 amide bonds. The number of hydrogen-bond donors (Lipinski definition) is 2. The molecule has 0 unspecified atom stereocenters. The van der Waals surface area contributed by atoms with Crippen molar-refractivity contribution in [1.29, 1.82) is 0 Å². The quantitative estimate of drug-likeness (QED) is 0.443. The smallest absolute Gasteiger partial charge is 0.234 e. The van der Waals surface area contributed by atoms with E-state index in [1.54, 1.807) is 4.57 Å². The highest BCUT2D eigenvalue weighted by atomic mass is 35.5. The molecule has 0 aliphatic rings. The monoisotopic (exact) mass is 475 g/mol. The molecule has 2 aromatic carbocycles. The highest BCUT2D eigenvalue weighted by Gasteiger charge is 2.17. The van der Waals surface area contributed by atoms with E-state index in [0.29, 0.717) is 23.2 Å². The van der Waals surface area contributed by atoms with E-state index in [4.69, 9.17) is 11.6 Å². The molecule has 2 N–H and O–H groups in total. The third-order valence-electron chi connectivity index (χ3n) is 4.64. The fourth-order valence-corrected chi connectivity index (χ4v) is 4.07. The molecule has 0 fully saturated rings. The topological polar surface area (TPSA) is 88.9 Å². The maximum atomic E-state index is 13.2. The summed E-state index contributed by atoms with van der Waals surface area (Å²) in [6.07, 6.45) is 0.883. The van der Waals surface area contributed by atoms with Crippen LogP contribution in [0.1, 0.15) is 25.2 Å². The van der Waals surface area contributed by atoms with Crippen LogP contribution in [0.3, 0.4) is 0 Å². The van der Waals surface area contributed by atoms with E-state index in [9.17, 15) is 14.0 Å². The van der Waals surface area contributed by atoms with Gasteiger partial charge in [0.1, 0.15) is 11.6 Å². The number of carbonyl (C=O) groups excluding carboxylic acids is 2. The van der Waals surface area contributed by atoms with Gasteiger partial charge in [-0.3, -0.25) is 9.59 Å². The summed E-state index contributed by atoms with van der Waals surface area (Å²) in [5, 5.41) is 14.3. The summed E-state index contributed by atoms with van der Waals surface area (Å²) in [5.41, 5.74) is 2.25. The fraction of sp³-hybridized carbons (Fsp3) is 0.273. The van der Waals surface area contributed by atoms with Gasteiger partial charge in [-0.25, -0.2) is 4.39 Å². The molecule has 3 aromatic rings. The molecule has 1 heterocycles. The summed E-state index contributed by atoms with van der Waals surface area (Å²) in [7, 11) is 0. The van der Waals surface area contributed by atoms with Crippen molar-refractivity contribution in [3.63, 3.8) is 0 Å². The zero-order valence-electron chi connectivity index (χ0n) is 17.7. The van der Waals surface area contributed by atoms with Gasteiger partial charge in [0.05, 0.1) is 17.2 Å². The number of nitrogens with zero attached hydrogens (tertiary/aromatic N) is 3. The van der Waals surface area contributed by atoms with Gasteiger partial charge in [-0.1, -0.05) is 48.5 Å². The van der Waals surface area contributed by atoms with Crippen molar-refractivity contribution in [1.82, 2.24) is 14.8 Å². The number of hydrogen-bond acceptors (Lipinski definition) is 5. The molecule has 0 saturated heterocycles. The second-order valence-electron chi connectivity index (χ2n) is 6.84. The molecular formula is C22H23ClFN5O2S. The standard InChI is InChI=1S/C22H23ClFN5O2S/c1-3-14-7-5-6-8-18(14)26-20(30)12-19-27-28-22(29(19)4-2)32-13-21(31)25-15-9-10-17(24)16(23)11-15/h5-11H,3-4,12-13H2,1-2H3,(H,25,31)(H,26,30). The summed E-state index contributed by atoms with van der Waals surface area (Å²) in [5.74, 6) is -0.435. The van der Waals surface area contributed by atoms with E-state index in [1.807, 2.05) is 38.1 Å². The van der Waals surface area contributed by atoms with Gasteiger partial charge in [0, 0.05) is 17.9 Å². The van der Waals surface area contributed by atoms with Crippen LogP contribution in [0.5, 0.6) is 0 Å². The number of carbonyl (C=O) groups is 2. The first-order valence-electron chi connectivity index (χ1n) is 10.1. The largest absolute Gasteiger partial charge is 0.325 e. The number of rotatable bonds is 9. The number of nitrogens with one attached hydrogen (secondary N) is 2. The predicted octanol–water partition coefficient (Wildman–Crippen LogP) is 4.56. The lowest BCUT2D eigenvalue weighted by molar-refractivity contribution is -0.116. The van der Waals surface area contributed by atoms with Crippen molar-refractivity contribution in [2.75, 3.05) is 16.4 Å². The van der Waals surface area contributed by atoms with E-state index in [-0.39, 0.29) is 29.0 Å². The zero-order valence-corrected chi connectivity index (χ0v) is 19.3. The maximum absolute atomic E-state index is 13.2. The van der Waals surface area contributed by atoms with E-state index in [1.165, 1.54) is 30.0 Å². The van der Waals surface area contributed by atoms with Crippen LogP contribution in [0.4, 0.5) is 15.8 Å². The van der Waals surface area contributed by atoms with Crippen LogP contribution < -0.4 is 10.6 Å². The lowest BCUT2D eigenvalue weighted by Crippen LogP contribution is -2.18. The Balaban J connectivity index is 1.59. The summed E-state index contributed by atoms with van der Waals surface area (Å²) < 4.78 is 15.1. The molecule has 168 valence electrons. The van der Waals surface area contributed by atoms with Crippen LogP contribution >= 0.6 is 23.4 Å². The van der Waals surface area contributed by atoms with Crippen molar-refractivity contribution < 1.29 is 14.0 Å². The minimum Gasteiger partial charge on any atom is -0.325 e. The van der Waals surface area contributed by atoms with E-state index >= 15 is 0 Å². The Hall–Kier alpha value is -2.91. The Labute approximate surface area is 194 Å². The van der Waals surface area contributed by atoms with Gasteiger partial charge in [-0.15, -0.1) is 10.2 Å². The number of anilines is 2. The third kappa shape index (κ3) is 6.08. The maximum Gasteiger partial charge on any atom is 0.234 e. The van der Waals surface area contributed by atoms with Crippen LogP contribution in [-0.2, 0) is 29.0 Å². The molecule has 0 aliphatic carbocycles. The summed E-state index contributed by atoms with van der Waals surface area (Å²) in [4.78, 5) is 24.8. The van der Waals surface area contributed by atoms with Crippen molar-refractivity contribution in [3.05, 3.63) is 64.7 Å². The Morgan fingerprint density at radius 3 is 2.59 bits per heavy atom. The molecule has 7 nitrogen and oxygen atoms in total. The molecule has 0 bridgehead atoms. The molecule has 0 spiro atoms. The van der Waals surface area contributed by atoms with Crippen molar-refractivity contribution in [2.24, 2.45) is 0 Å². The molecule has 1 aromatic heterocycles. The van der Waals surface area contributed by atoms with Crippen LogP contribution in [0.15, 0.2) is 47.6 Å². The highest BCUT2D eigenvalue weighted by Crippen LogP contribution is 2.21. The van der Waals surface area contributed by atoms with Gasteiger partial charge >= 0.3 is 0 Å². The normalized spacial score (nSPS) is 10.8. The summed E-state index contributed by atoms with van der Waals surface area (Å²) >= 11 is 6.94. The molecule has 0 aliphatic heterocycles. The number of amides is 2. The molecule has 0 radical (unpaired) electrons. The van der Waals surface area contributed by atoms with Gasteiger partial charge < -0.3 is 15.2 Å². The fourth-order valence-electron chi connectivity index (χ4n) is 3.06. The molecular weight excluding hydrogens is 453 g/mol. The van der Waals surface area contributed by atoms with Gasteiger partial charge in [-0.05, 0) is 43.2 Å². The van der Waals surface area contributed by atoms with E-state index in [0.717, 1.165) is 17.7 Å². The Bertz CT molecular complexity index is 1120. The van der Waals surface area contributed by atoms with Crippen molar-refractivity contribution >= 4 is 46.6 Å². The lowest BCUT2D eigenvalue weighted by atomic mass is 10.1. The number of aryl methyl sites for hydroxylation is 1. The SMILES string of the molecule is CCc1ccccc1NC(=O)Cc1nnc(SCC(=O)Nc2ccc(F)c(Cl)c2)n1CC. The minimum atomic E-state index is -0.551. The number of benzene rings is 2. The van der Waals surface area contributed by atoms with Crippen LogP contribution in [0.2, 0.25) is 5.02 Å². The van der Waals surface area contributed by atoms with E-state index in [2.05, 4.69) is 20.8 Å². The average Bonchev–Trinajstić information content (AvgIpc) is 3.16. The third-order valence-corrected chi connectivity index (χ3v) is 5.89. The lowest BCUT2D eigenvalue weighted by Gasteiger charge is -2.10. The highest BCUT2D eigenvalue weighted by molar-refractivity contribution is 7.99. The van der Waals surface area contributed by atoms with Crippen LogP contribution in [0.25, 0.3) is 0 Å². The molecule has 3 rings (SSSR count). The van der Waals surface area contributed by atoms with Gasteiger partial charge in [0.15, 0.2) is 5.16 Å². The first-order valence-corrected chi connectivity index (χ1v) is 11.4. The average molecular weight is 476 g/mol. The van der Waals surface area contributed by atoms with Crippen molar-refractivity contribution in [3.8, 4) is 0 Å². The molecule has 0 saturated carbocycles. The Morgan fingerprint density at radius 2 is 1.88 bits per heavy atom. The van der Waals surface area contributed by atoms with Crippen LogP contribution in [0, 0.1) is 5.82 Å². The van der Waals surface area contributed by atoms with Gasteiger partial charge in [0.25, 0.3) is 0 Å². The molecule has 32 heavy (non-hydrogen) atoms. The Kier molecular flexibility index (Phi) is 8.24. The second-order valence-corrected chi connectivity index (χ2v) is 8.19. The number of thioether (sulfide) groups is 1. The predicted molar refractivity (Wildman–Crippen MR) is 125 cm³/mol. The summed E-state index contributed by atoms with van der Waals surface area (Å²) in [6, 6.07) is 11.6.